The molecule has 6 rings (SSSR count). The molecule has 3 saturated heterocycles. The number of methoxy groups -OCH3 is 2. The van der Waals surface area contributed by atoms with Gasteiger partial charge in [-0.1, -0.05) is 25.1 Å². The number of likely N-dealkylation sites (tertiary alicyclic amines) is 2. The monoisotopic (exact) mass is 649 g/mol. The van der Waals surface area contributed by atoms with Gasteiger partial charge in [0, 0.05) is 63.4 Å². The van der Waals surface area contributed by atoms with Gasteiger partial charge < -0.3 is 24.4 Å². The number of halogens is 1. The molecule has 47 heavy (non-hydrogen) atoms. The summed E-state index contributed by atoms with van der Waals surface area (Å²) in [6, 6.07) is 13.6. The number of piperidine rings is 1. The Bertz CT molecular complexity index is 1400. The summed E-state index contributed by atoms with van der Waals surface area (Å²) in [7, 11) is 3.36. The highest BCUT2D eigenvalue weighted by Crippen LogP contribution is 2.49. The molecule has 2 aromatic rings. The molecule has 3 aliphatic heterocycles. The van der Waals surface area contributed by atoms with Crippen LogP contribution in [0.2, 0.25) is 0 Å². The maximum absolute atomic E-state index is 15.1. The van der Waals surface area contributed by atoms with Crippen molar-refractivity contribution in [2.24, 2.45) is 17.3 Å². The van der Waals surface area contributed by atoms with Crippen LogP contribution >= 0.6 is 0 Å². The summed E-state index contributed by atoms with van der Waals surface area (Å²) in [6.07, 6.45) is 6.62. The van der Waals surface area contributed by atoms with Crippen molar-refractivity contribution in [1.29, 1.82) is 0 Å². The van der Waals surface area contributed by atoms with Crippen LogP contribution in [0.5, 0.6) is 5.75 Å². The second-order valence-electron chi connectivity index (χ2n) is 14.9. The Labute approximate surface area is 279 Å². The van der Waals surface area contributed by atoms with Crippen LogP contribution < -0.4 is 9.64 Å². The fraction of sp³-hybridized carbons (Fsp3) is 0.632. The second kappa shape index (κ2) is 14.1. The van der Waals surface area contributed by atoms with Crippen molar-refractivity contribution in [3.63, 3.8) is 0 Å². The van der Waals surface area contributed by atoms with Crippen LogP contribution in [0.4, 0.5) is 10.1 Å². The summed E-state index contributed by atoms with van der Waals surface area (Å²) in [4.78, 5) is 33.4. The molecule has 8 nitrogen and oxygen atoms in total. The number of carboxylic acids is 1. The first kappa shape index (κ1) is 33.7. The zero-order chi connectivity index (χ0) is 33.3. The summed E-state index contributed by atoms with van der Waals surface area (Å²) in [5.41, 5.74) is 2.39. The Kier molecular flexibility index (Phi) is 10.1. The smallest absolute Gasteiger partial charge is 0.306 e. The normalized spacial score (nSPS) is 30.5. The van der Waals surface area contributed by atoms with Crippen LogP contribution in [-0.2, 0) is 14.3 Å². The van der Waals surface area contributed by atoms with Gasteiger partial charge >= 0.3 is 5.97 Å². The van der Waals surface area contributed by atoms with E-state index in [4.69, 9.17) is 9.47 Å². The molecule has 1 saturated carbocycles. The molecule has 1 amide bonds. The first-order valence-corrected chi connectivity index (χ1v) is 17.6. The molecule has 0 spiro atoms. The fourth-order valence-corrected chi connectivity index (χ4v) is 9.02. The van der Waals surface area contributed by atoms with Gasteiger partial charge in [-0.05, 0) is 93.2 Å². The topological polar surface area (TPSA) is 82.5 Å². The number of hydrogen-bond acceptors (Lipinski definition) is 6. The van der Waals surface area contributed by atoms with E-state index in [0.29, 0.717) is 45.1 Å². The zero-order valence-corrected chi connectivity index (χ0v) is 28.5. The Morgan fingerprint density at radius 3 is 2.32 bits per heavy atom. The predicted molar refractivity (Wildman–Crippen MR) is 181 cm³/mol. The lowest BCUT2D eigenvalue weighted by Gasteiger charge is -2.37. The number of aliphatic carboxylic acids is 1. The quantitative estimate of drug-likeness (QED) is 0.349. The van der Waals surface area contributed by atoms with Gasteiger partial charge in [-0.2, -0.15) is 0 Å². The number of amides is 1. The molecular weight excluding hydrogens is 597 g/mol. The van der Waals surface area contributed by atoms with E-state index in [1.54, 1.807) is 20.3 Å². The number of nitrogens with zero attached hydrogens (tertiary/aromatic N) is 3. The Morgan fingerprint density at radius 1 is 0.979 bits per heavy atom. The van der Waals surface area contributed by atoms with Crippen LogP contribution in [0.1, 0.15) is 81.8 Å². The van der Waals surface area contributed by atoms with Gasteiger partial charge in [-0.25, -0.2) is 4.39 Å². The Balaban J connectivity index is 1.28. The van der Waals surface area contributed by atoms with Crippen molar-refractivity contribution in [2.45, 2.75) is 82.7 Å². The molecule has 0 aromatic heterocycles. The van der Waals surface area contributed by atoms with Gasteiger partial charge in [0.25, 0.3) is 0 Å². The molecule has 4 atom stereocenters. The van der Waals surface area contributed by atoms with Crippen LogP contribution in [0.25, 0.3) is 0 Å². The number of carbonyl (C=O) groups excluding carboxylic acids is 1. The van der Waals surface area contributed by atoms with E-state index >= 15 is 4.79 Å². The van der Waals surface area contributed by atoms with E-state index in [0.717, 1.165) is 48.0 Å². The molecule has 1 N–H and O–H groups in total. The molecule has 256 valence electrons. The predicted octanol–water partition coefficient (Wildman–Crippen LogP) is 6.15. The number of hydrogen-bond donors (Lipinski definition) is 1. The van der Waals surface area contributed by atoms with Gasteiger partial charge in [-0.15, -0.1) is 0 Å². The number of rotatable bonds is 9. The number of anilines is 1. The molecule has 0 unspecified atom stereocenters. The van der Waals surface area contributed by atoms with Crippen LogP contribution in [0, 0.1) is 23.1 Å². The highest BCUT2D eigenvalue weighted by atomic mass is 19.1. The van der Waals surface area contributed by atoms with Gasteiger partial charge in [0.15, 0.2) is 0 Å². The van der Waals surface area contributed by atoms with Crippen molar-refractivity contribution in [1.82, 2.24) is 9.80 Å². The molecule has 4 aliphatic rings. The van der Waals surface area contributed by atoms with Crippen LogP contribution in [-0.4, -0.2) is 92.4 Å². The summed E-state index contributed by atoms with van der Waals surface area (Å²) < 4.78 is 25.9. The fourth-order valence-electron chi connectivity index (χ4n) is 9.02. The number of carboxylic acid groups (broad SMARTS) is 1. The Morgan fingerprint density at radius 2 is 1.68 bits per heavy atom. The van der Waals surface area contributed by atoms with E-state index in [9.17, 15) is 14.3 Å². The van der Waals surface area contributed by atoms with E-state index in [1.165, 1.54) is 31.7 Å². The second-order valence-corrected chi connectivity index (χ2v) is 14.9. The lowest BCUT2D eigenvalue weighted by atomic mass is 9.74. The summed E-state index contributed by atoms with van der Waals surface area (Å²) >= 11 is 0. The molecular formula is C38H52FN3O5. The third-order valence-corrected chi connectivity index (χ3v) is 11.9. The first-order valence-electron chi connectivity index (χ1n) is 17.6. The lowest BCUT2D eigenvalue weighted by Crippen LogP contribution is -2.49. The minimum atomic E-state index is -0.763. The first-order chi connectivity index (χ1) is 22.6. The maximum atomic E-state index is 15.1. The van der Waals surface area contributed by atoms with Crippen molar-refractivity contribution >= 4 is 17.6 Å². The summed E-state index contributed by atoms with van der Waals surface area (Å²) in [6.45, 7) is 8.22. The minimum Gasteiger partial charge on any atom is -0.497 e. The zero-order valence-electron chi connectivity index (χ0n) is 28.5. The van der Waals surface area contributed by atoms with E-state index < -0.39 is 11.4 Å². The van der Waals surface area contributed by atoms with Crippen molar-refractivity contribution in [3.8, 4) is 5.75 Å². The van der Waals surface area contributed by atoms with Gasteiger partial charge in [0.2, 0.25) is 5.91 Å². The highest BCUT2D eigenvalue weighted by molar-refractivity contribution is 5.85. The molecule has 0 radical (unpaired) electrons. The number of carbonyl (C=O) groups is 2. The average molecular weight is 650 g/mol. The molecule has 0 bridgehead atoms. The maximum Gasteiger partial charge on any atom is 0.306 e. The lowest BCUT2D eigenvalue weighted by molar-refractivity contribution is -0.143. The van der Waals surface area contributed by atoms with Gasteiger partial charge in [0.05, 0.1) is 31.1 Å². The Hall–Kier alpha value is -3.17. The SMILES string of the molecule is COC[C@@H]1C[C@@H](c2ccc(F)cc2N2CCC(C(=O)O)CC2)CN1C(=O)[C@]1(C)CN(C2CCC(C)CC2)C[C@H]1c1ccc(OC)cc1. The van der Waals surface area contributed by atoms with E-state index in [2.05, 4.69) is 40.7 Å². The van der Waals surface area contributed by atoms with Crippen molar-refractivity contribution in [3.05, 3.63) is 59.4 Å². The third kappa shape index (κ3) is 6.89. The van der Waals surface area contributed by atoms with Crippen molar-refractivity contribution < 1.29 is 28.6 Å². The molecule has 9 heteroatoms. The molecule has 1 aliphatic carbocycles. The summed E-state index contributed by atoms with van der Waals surface area (Å²) in [5, 5.41) is 9.52. The van der Waals surface area contributed by atoms with Crippen LogP contribution in [0.15, 0.2) is 42.5 Å². The minimum absolute atomic E-state index is 0.0206. The standard InChI is InChI=1S/C38H52FN3O5/c1-25-5-10-30(11-6-25)41-22-34(26-7-12-32(47-4)13-8-26)38(2,24-41)37(45)42-21-28(19-31(42)23-46-3)33-14-9-29(39)20-35(33)40-17-15-27(16-18-40)36(43)44/h7-9,12-14,20,25,27-28,30-31,34H,5-6,10-11,15-19,21-24H2,1-4H3,(H,43,44)/t25?,28-,30?,31+,34+,38-/m1/s1. The third-order valence-electron chi connectivity index (χ3n) is 11.9. The van der Waals surface area contributed by atoms with E-state index in [-0.39, 0.29) is 35.5 Å². The number of ether oxygens (including phenoxy) is 2. The molecule has 3 heterocycles. The summed E-state index contributed by atoms with van der Waals surface area (Å²) in [5.74, 6) is 0.365. The van der Waals surface area contributed by atoms with Gasteiger partial charge in [-0.3, -0.25) is 14.5 Å². The highest BCUT2D eigenvalue weighted by Gasteiger charge is 2.54. The van der Waals surface area contributed by atoms with Crippen molar-refractivity contribution in [2.75, 3.05) is 58.5 Å². The van der Waals surface area contributed by atoms with Crippen LogP contribution in [0.3, 0.4) is 0 Å². The molecule has 4 fully saturated rings. The largest absolute Gasteiger partial charge is 0.497 e. The number of benzene rings is 2. The van der Waals surface area contributed by atoms with E-state index in [1.807, 2.05) is 18.2 Å². The van der Waals surface area contributed by atoms with Gasteiger partial charge in [0.1, 0.15) is 11.6 Å². The molecule has 2 aromatic carbocycles. The average Bonchev–Trinajstić information content (AvgIpc) is 3.66.